The Morgan fingerprint density at radius 3 is 2.85 bits per heavy atom. The molecule has 0 saturated carbocycles. The summed E-state index contributed by atoms with van der Waals surface area (Å²) in [5.74, 6) is 0.602. The fraction of sp³-hybridized carbons (Fsp3) is 0.583. The van der Waals surface area contributed by atoms with Crippen LogP contribution in [0.3, 0.4) is 0 Å². The van der Waals surface area contributed by atoms with E-state index >= 15 is 0 Å². The number of pyridine rings is 1. The minimum absolute atomic E-state index is 0.00493. The van der Waals surface area contributed by atoms with Crippen LogP contribution in [0.1, 0.15) is 12.0 Å². The summed E-state index contributed by atoms with van der Waals surface area (Å²) in [6, 6.07) is 0. The minimum Gasteiger partial charge on any atom is -0.382 e. The number of anilines is 1. The molecule has 8 heteroatoms. The minimum atomic E-state index is -0.444. The van der Waals surface area contributed by atoms with Gasteiger partial charge in [0.25, 0.3) is 5.69 Å². The van der Waals surface area contributed by atoms with Crippen LogP contribution >= 0.6 is 15.9 Å². The highest BCUT2D eigenvalue weighted by atomic mass is 79.9. The van der Waals surface area contributed by atoms with Crippen molar-refractivity contribution in [2.45, 2.75) is 13.3 Å². The first-order valence-corrected chi connectivity index (χ1v) is 6.97. The molecule has 0 radical (unpaired) electrons. The van der Waals surface area contributed by atoms with Gasteiger partial charge in [0.1, 0.15) is 12.0 Å². The fourth-order valence-corrected chi connectivity index (χ4v) is 1.95. The number of aromatic nitrogens is 1. The number of ether oxygens (including phenoxy) is 2. The van der Waals surface area contributed by atoms with Crippen LogP contribution in [0.5, 0.6) is 0 Å². The van der Waals surface area contributed by atoms with E-state index in [1.165, 1.54) is 6.20 Å². The van der Waals surface area contributed by atoms with Gasteiger partial charge < -0.3 is 14.8 Å². The molecule has 0 amide bonds. The molecule has 1 aromatic rings. The molecule has 1 aromatic heterocycles. The highest BCUT2D eigenvalue weighted by Crippen LogP contribution is 2.30. The van der Waals surface area contributed by atoms with E-state index in [4.69, 9.17) is 9.47 Å². The van der Waals surface area contributed by atoms with E-state index in [2.05, 4.69) is 26.2 Å². The lowest BCUT2D eigenvalue weighted by molar-refractivity contribution is -0.385. The van der Waals surface area contributed by atoms with Gasteiger partial charge in [0.2, 0.25) is 0 Å². The molecule has 20 heavy (non-hydrogen) atoms. The Bertz CT molecular complexity index is 457. The zero-order chi connectivity index (χ0) is 15.0. The predicted octanol–water partition coefficient (Wildman–Crippen LogP) is 2.53. The lowest BCUT2D eigenvalue weighted by Crippen LogP contribution is -2.10. The summed E-state index contributed by atoms with van der Waals surface area (Å²) in [6.45, 7) is 4.15. The average molecular weight is 348 g/mol. The third-order valence-electron chi connectivity index (χ3n) is 2.62. The highest BCUT2D eigenvalue weighted by Gasteiger charge is 2.16. The molecule has 0 atom stereocenters. The quantitative estimate of drug-likeness (QED) is 0.419. The number of rotatable bonds is 9. The molecule has 1 heterocycles. The topological polar surface area (TPSA) is 86.5 Å². The standard InChI is InChI=1S/C12H18BrN3O4/c1-9-10(16(17)18)8-15-12(11(9)13)14-4-3-5-20-7-6-19-2/h8H,3-7H2,1-2H3,(H,14,15). The zero-order valence-corrected chi connectivity index (χ0v) is 13.1. The molecule has 0 unspecified atom stereocenters. The Morgan fingerprint density at radius 2 is 2.20 bits per heavy atom. The number of hydrogen-bond donors (Lipinski definition) is 1. The van der Waals surface area contributed by atoms with Gasteiger partial charge >= 0.3 is 0 Å². The monoisotopic (exact) mass is 347 g/mol. The van der Waals surface area contributed by atoms with Crippen molar-refractivity contribution in [3.05, 3.63) is 26.3 Å². The summed E-state index contributed by atoms with van der Waals surface area (Å²) >= 11 is 3.33. The Labute approximate surface area is 126 Å². The van der Waals surface area contributed by atoms with E-state index in [9.17, 15) is 10.1 Å². The molecule has 112 valence electrons. The fourth-order valence-electron chi connectivity index (χ4n) is 1.50. The summed E-state index contributed by atoms with van der Waals surface area (Å²) < 4.78 is 10.8. The maximum Gasteiger partial charge on any atom is 0.291 e. The Kier molecular flexibility index (Phi) is 7.42. The zero-order valence-electron chi connectivity index (χ0n) is 11.5. The van der Waals surface area contributed by atoms with Crippen molar-refractivity contribution in [1.29, 1.82) is 0 Å². The summed E-state index contributed by atoms with van der Waals surface area (Å²) in [5.41, 5.74) is 0.564. The number of methoxy groups -OCH3 is 1. The normalized spacial score (nSPS) is 10.6. The van der Waals surface area contributed by atoms with Crippen molar-refractivity contribution in [3.63, 3.8) is 0 Å². The molecule has 1 rings (SSSR count). The van der Waals surface area contributed by atoms with E-state index in [-0.39, 0.29) is 5.69 Å². The lowest BCUT2D eigenvalue weighted by Gasteiger charge is -2.09. The molecule has 0 aromatic carbocycles. The predicted molar refractivity (Wildman–Crippen MR) is 79.1 cm³/mol. The van der Waals surface area contributed by atoms with Gasteiger partial charge in [-0.05, 0) is 29.3 Å². The summed E-state index contributed by atoms with van der Waals surface area (Å²) in [6.07, 6.45) is 2.07. The molecule has 0 aliphatic rings. The van der Waals surface area contributed by atoms with Crippen molar-refractivity contribution < 1.29 is 14.4 Å². The van der Waals surface area contributed by atoms with Crippen LogP contribution in [0.25, 0.3) is 0 Å². The second kappa shape index (κ2) is 8.83. The van der Waals surface area contributed by atoms with E-state index in [0.29, 0.717) is 42.2 Å². The van der Waals surface area contributed by atoms with Crippen LogP contribution in [-0.4, -0.2) is 43.4 Å². The first-order valence-electron chi connectivity index (χ1n) is 6.18. The molecule has 1 N–H and O–H groups in total. The van der Waals surface area contributed by atoms with Crippen LogP contribution in [0.4, 0.5) is 11.5 Å². The largest absolute Gasteiger partial charge is 0.382 e. The van der Waals surface area contributed by atoms with Crippen molar-refractivity contribution in [2.75, 3.05) is 38.8 Å². The third kappa shape index (κ3) is 5.03. The van der Waals surface area contributed by atoms with Gasteiger partial charge in [-0.3, -0.25) is 10.1 Å². The molecule has 0 fully saturated rings. The second-order valence-electron chi connectivity index (χ2n) is 4.07. The lowest BCUT2D eigenvalue weighted by atomic mass is 10.2. The van der Waals surface area contributed by atoms with E-state index < -0.39 is 4.92 Å². The highest BCUT2D eigenvalue weighted by molar-refractivity contribution is 9.10. The van der Waals surface area contributed by atoms with E-state index in [1.807, 2.05) is 0 Å². The number of nitrogens with one attached hydrogen (secondary N) is 1. The molecule has 0 aliphatic heterocycles. The number of hydrogen-bond acceptors (Lipinski definition) is 6. The van der Waals surface area contributed by atoms with E-state index in [1.54, 1.807) is 14.0 Å². The first-order chi connectivity index (χ1) is 9.57. The van der Waals surface area contributed by atoms with Crippen LogP contribution in [-0.2, 0) is 9.47 Å². The molecule has 0 aliphatic carbocycles. The van der Waals surface area contributed by atoms with Gasteiger partial charge in [-0.25, -0.2) is 4.98 Å². The Balaban J connectivity index is 2.41. The number of nitro groups is 1. The Morgan fingerprint density at radius 1 is 1.45 bits per heavy atom. The van der Waals surface area contributed by atoms with Crippen LogP contribution < -0.4 is 5.32 Å². The SMILES string of the molecule is COCCOCCCNc1ncc([N+](=O)[O-])c(C)c1Br. The maximum atomic E-state index is 10.8. The van der Waals surface area contributed by atoms with Gasteiger partial charge in [0.05, 0.1) is 22.6 Å². The van der Waals surface area contributed by atoms with Crippen molar-refractivity contribution in [1.82, 2.24) is 4.98 Å². The van der Waals surface area contributed by atoms with Crippen LogP contribution in [0.2, 0.25) is 0 Å². The summed E-state index contributed by atoms with van der Waals surface area (Å²) in [7, 11) is 1.63. The third-order valence-corrected chi connectivity index (χ3v) is 3.59. The van der Waals surface area contributed by atoms with Gasteiger partial charge in [0, 0.05) is 25.8 Å². The van der Waals surface area contributed by atoms with Crippen molar-refractivity contribution in [2.24, 2.45) is 0 Å². The molecule has 7 nitrogen and oxygen atoms in total. The molecular weight excluding hydrogens is 330 g/mol. The first kappa shape index (κ1) is 16.8. The van der Waals surface area contributed by atoms with Gasteiger partial charge in [-0.2, -0.15) is 0 Å². The second-order valence-corrected chi connectivity index (χ2v) is 4.87. The molecule has 0 saturated heterocycles. The summed E-state index contributed by atoms with van der Waals surface area (Å²) in [4.78, 5) is 14.4. The van der Waals surface area contributed by atoms with Gasteiger partial charge in [0.15, 0.2) is 0 Å². The number of nitrogens with zero attached hydrogens (tertiary/aromatic N) is 2. The van der Waals surface area contributed by atoms with Gasteiger partial charge in [-0.15, -0.1) is 0 Å². The molecule has 0 spiro atoms. The maximum absolute atomic E-state index is 10.8. The molecule has 0 bridgehead atoms. The number of halogens is 1. The van der Waals surface area contributed by atoms with E-state index in [0.717, 1.165) is 6.42 Å². The summed E-state index contributed by atoms with van der Waals surface area (Å²) in [5, 5.41) is 13.9. The van der Waals surface area contributed by atoms with Crippen LogP contribution in [0.15, 0.2) is 10.7 Å². The Hall–Kier alpha value is -1.25. The molecular formula is C12H18BrN3O4. The van der Waals surface area contributed by atoms with Crippen molar-refractivity contribution >= 4 is 27.4 Å². The smallest absolute Gasteiger partial charge is 0.291 e. The van der Waals surface area contributed by atoms with Gasteiger partial charge in [-0.1, -0.05) is 0 Å². The average Bonchev–Trinajstić information content (AvgIpc) is 2.42. The van der Waals surface area contributed by atoms with Crippen molar-refractivity contribution in [3.8, 4) is 0 Å². The van der Waals surface area contributed by atoms with Crippen LogP contribution in [0, 0.1) is 17.0 Å².